The molecule has 0 aromatic heterocycles. The SMILES string of the molecule is CNCC1(OC)CC(C)(C)OC1(C)C. The summed E-state index contributed by atoms with van der Waals surface area (Å²) in [5.41, 5.74) is -0.560. The van der Waals surface area contributed by atoms with Gasteiger partial charge in [-0.3, -0.25) is 0 Å². The van der Waals surface area contributed by atoms with Crippen LogP contribution in [0.15, 0.2) is 0 Å². The predicted octanol–water partition coefficient (Wildman–Crippen LogP) is 1.57. The first-order valence-corrected chi connectivity index (χ1v) is 5.18. The maximum atomic E-state index is 6.03. The van der Waals surface area contributed by atoms with E-state index >= 15 is 0 Å². The standard InChI is InChI=1S/C11H23NO2/c1-9(2)7-11(13-6,8-12-5)10(3,4)14-9/h12H,7-8H2,1-6H3. The molecule has 0 amide bonds. The van der Waals surface area contributed by atoms with Crippen molar-refractivity contribution in [3.63, 3.8) is 0 Å². The third-order valence-electron chi connectivity index (χ3n) is 3.19. The zero-order valence-corrected chi connectivity index (χ0v) is 10.2. The zero-order valence-electron chi connectivity index (χ0n) is 10.2. The molecule has 1 N–H and O–H groups in total. The molecule has 0 radical (unpaired) electrons. The molecule has 14 heavy (non-hydrogen) atoms. The third kappa shape index (κ3) is 1.81. The summed E-state index contributed by atoms with van der Waals surface area (Å²) in [5.74, 6) is 0. The molecular formula is C11H23NO2. The summed E-state index contributed by atoms with van der Waals surface area (Å²) >= 11 is 0. The van der Waals surface area contributed by atoms with Crippen LogP contribution in [-0.2, 0) is 9.47 Å². The molecule has 0 spiro atoms. The second kappa shape index (κ2) is 3.47. The predicted molar refractivity (Wildman–Crippen MR) is 57.5 cm³/mol. The van der Waals surface area contributed by atoms with Gasteiger partial charge in [-0.1, -0.05) is 0 Å². The lowest BCUT2D eigenvalue weighted by Crippen LogP contribution is -2.53. The molecule has 1 unspecified atom stereocenters. The Morgan fingerprint density at radius 1 is 1.29 bits per heavy atom. The van der Waals surface area contributed by atoms with Crippen LogP contribution in [0.2, 0.25) is 0 Å². The van der Waals surface area contributed by atoms with Gasteiger partial charge in [-0.25, -0.2) is 0 Å². The average molecular weight is 201 g/mol. The summed E-state index contributed by atoms with van der Waals surface area (Å²) in [5, 5.41) is 3.19. The van der Waals surface area contributed by atoms with Gasteiger partial charge in [0.15, 0.2) is 0 Å². The molecule has 0 aromatic carbocycles. The molecule has 0 saturated carbocycles. The van der Waals surface area contributed by atoms with Crippen LogP contribution in [0.25, 0.3) is 0 Å². The number of nitrogens with one attached hydrogen (secondary N) is 1. The lowest BCUT2D eigenvalue weighted by Gasteiger charge is -2.38. The van der Waals surface area contributed by atoms with Gasteiger partial charge in [0.1, 0.15) is 5.60 Å². The maximum absolute atomic E-state index is 6.03. The second-order valence-electron chi connectivity index (χ2n) is 5.28. The zero-order chi connectivity index (χ0) is 11.0. The third-order valence-corrected chi connectivity index (χ3v) is 3.19. The van der Waals surface area contributed by atoms with Crippen molar-refractivity contribution in [2.75, 3.05) is 20.7 Å². The normalized spacial score (nSPS) is 34.7. The summed E-state index contributed by atoms with van der Waals surface area (Å²) in [4.78, 5) is 0. The molecule has 1 rings (SSSR count). The number of rotatable bonds is 3. The van der Waals surface area contributed by atoms with Crippen molar-refractivity contribution in [3.05, 3.63) is 0 Å². The highest BCUT2D eigenvalue weighted by atomic mass is 16.6. The van der Waals surface area contributed by atoms with Gasteiger partial charge in [0.25, 0.3) is 0 Å². The van der Waals surface area contributed by atoms with E-state index < -0.39 is 0 Å². The van der Waals surface area contributed by atoms with Crippen molar-refractivity contribution in [3.8, 4) is 0 Å². The molecule has 3 heteroatoms. The van der Waals surface area contributed by atoms with E-state index in [1.165, 1.54) is 0 Å². The lowest BCUT2D eigenvalue weighted by atomic mass is 9.82. The topological polar surface area (TPSA) is 30.5 Å². The van der Waals surface area contributed by atoms with Crippen LogP contribution in [0.3, 0.4) is 0 Å². The number of methoxy groups -OCH3 is 1. The first-order valence-electron chi connectivity index (χ1n) is 5.18. The summed E-state index contributed by atoms with van der Waals surface area (Å²) in [6, 6.07) is 0. The van der Waals surface area contributed by atoms with E-state index in [1.54, 1.807) is 7.11 Å². The van der Waals surface area contributed by atoms with Crippen LogP contribution in [0.5, 0.6) is 0 Å². The molecule has 1 atom stereocenters. The summed E-state index contributed by atoms with van der Waals surface area (Å²) < 4.78 is 11.7. The Labute approximate surface area is 87.2 Å². The molecule has 0 aromatic rings. The Bertz CT molecular complexity index is 213. The fraction of sp³-hybridized carbons (Fsp3) is 1.00. The van der Waals surface area contributed by atoms with Gasteiger partial charge < -0.3 is 14.8 Å². The van der Waals surface area contributed by atoms with Crippen LogP contribution in [-0.4, -0.2) is 37.5 Å². The van der Waals surface area contributed by atoms with E-state index in [-0.39, 0.29) is 16.8 Å². The van der Waals surface area contributed by atoms with Crippen LogP contribution < -0.4 is 5.32 Å². The van der Waals surface area contributed by atoms with E-state index in [4.69, 9.17) is 9.47 Å². The van der Waals surface area contributed by atoms with Crippen molar-refractivity contribution < 1.29 is 9.47 Å². The molecule has 1 aliphatic heterocycles. The van der Waals surface area contributed by atoms with Gasteiger partial charge in [-0.2, -0.15) is 0 Å². The van der Waals surface area contributed by atoms with E-state index in [1.807, 2.05) is 7.05 Å². The molecular weight excluding hydrogens is 178 g/mol. The van der Waals surface area contributed by atoms with Crippen molar-refractivity contribution in [2.45, 2.75) is 50.9 Å². The molecule has 3 nitrogen and oxygen atoms in total. The monoisotopic (exact) mass is 201 g/mol. The minimum atomic E-state index is -0.242. The molecule has 84 valence electrons. The quantitative estimate of drug-likeness (QED) is 0.752. The number of hydrogen-bond acceptors (Lipinski definition) is 3. The average Bonchev–Trinajstić information content (AvgIpc) is 2.17. The van der Waals surface area contributed by atoms with Crippen molar-refractivity contribution in [1.82, 2.24) is 5.32 Å². The van der Waals surface area contributed by atoms with Crippen LogP contribution in [0.4, 0.5) is 0 Å². The molecule has 1 aliphatic rings. The van der Waals surface area contributed by atoms with Gasteiger partial charge in [0, 0.05) is 20.1 Å². The van der Waals surface area contributed by atoms with Crippen LogP contribution >= 0.6 is 0 Å². The van der Waals surface area contributed by atoms with Crippen molar-refractivity contribution in [2.24, 2.45) is 0 Å². The fourth-order valence-corrected chi connectivity index (χ4v) is 2.67. The lowest BCUT2D eigenvalue weighted by molar-refractivity contribution is -0.137. The fourth-order valence-electron chi connectivity index (χ4n) is 2.67. The van der Waals surface area contributed by atoms with E-state index in [0.717, 1.165) is 13.0 Å². The highest BCUT2D eigenvalue weighted by molar-refractivity contribution is 5.08. The van der Waals surface area contributed by atoms with Crippen molar-refractivity contribution >= 4 is 0 Å². The van der Waals surface area contributed by atoms with Gasteiger partial charge in [-0.05, 0) is 34.7 Å². The van der Waals surface area contributed by atoms with Gasteiger partial charge in [0.2, 0.25) is 0 Å². The van der Waals surface area contributed by atoms with Crippen LogP contribution in [0, 0.1) is 0 Å². The van der Waals surface area contributed by atoms with E-state index in [2.05, 4.69) is 33.0 Å². The Balaban J connectivity index is 2.95. The molecule has 0 aliphatic carbocycles. The Morgan fingerprint density at radius 3 is 2.14 bits per heavy atom. The van der Waals surface area contributed by atoms with E-state index in [0.29, 0.717) is 0 Å². The largest absolute Gasteiger partial charge is 0.374 e. The molecule has 1 fully saturated rings. The molecule has 1 saturated heterocycles. The minimum Gasteiger partial charge on any atom is -0.374 e. The summed E-state index contributed by atoms with van der Waals surface area (Å²) in [7, 11) is 3.71. The number of hydrogen-bond donors (Lipinski definition) is 1. The summed E-state index contributed by atoms with van der Waals surface area (Å²) in [6.07, 6.45) is 0.921. The van der Waals surface area contributed by atoms with Gasteiger partial charge in [-0.15, -0.1) is 0 Å². The van der Waals surface area contributed by atoms with Gasteiger partial charge >= 0.3 is 0 Å². The second-order valence-corrected chi connectivity index (χ2v) is 5.28. The molecule has 1 heterocycles. The minimum absolute atomic E-state index is 0.101. The summed E-state index contributed by atoms with van der Waals surface area (Å²) in [6.45, 7) is 9.25. The van der Waals surface area contributed by atoms with E-state index in [9.17, 15) is 0 Å². The Kier molecular flexibility index (Phi) is 2.96. The first-order chi connectivity index (χ1) is 6.29. The maximum Gasteiger partial charge on any atom is 0.111 e. The number of likely N-dealkylation sites (N-methyl/N-ethyl adjacent to an activating group) is 1. The molecule has 0 bridgehead atoms. The highest BCUT2D eigenvalue weighted by Crippen LogP contribution is 2.46. The first kappa shape index (κ1) is 12.0. The van der Waals surface area contributed by atoms with Gasteiger partial charge in [0.05, 0.1) is 11.2 Å². The Morgan fingerprint density at radius 2 is 1.86 bits per heavy atom. The van der Waals surface area contributed by atoms with Crippen LogP contribution in [0.1, 0.15) is 34.1 Å². The highest BCUT2D eigenvalue weighted by Gasteiger charge is 2.57. The van der Waals surface area contributed by atoms with Crippen molar-refractivity contribution in [1.29, 1.82) is 0 Å². The number of ether oxygens (including phenoxy) is 2. The smallest absolute Gasteiger partial charge is 0.111 e. The Hall–Kier alpha value is -0.120.